The molecule has 0 aliphatic heterocycles. The number of carbonyl (C=O) groups excluding carboxylic acids is 1. The van der Waals surface area contributed by atoms with Crippen LogP contribution in [0.2, 0.25) is 0 Å². The molecule has 19 heavy (non-hydrogen) atoms. The molecule has 0 spiro atoms. The smallest absolute Gasteiger partial charge is 0.306 e. The van der Waals surface area contributed by atoms with Crippen LogP contribution in [0.5, 0.6) is 0 Å². The summed E-state index contributed by atoms with van der Waals surface area (Å²) in [5.74, 6) is -0.0929. The lowest BCUT2D eigenvalue weighted by Crippen LogP contribution is -2.27. The Bertz CT molecular complexity index is 478. The molecular weight excluding hydrogens is 240 g/mol. The van der Waals surface area contributed by atoms with Gasteiger partial charge in [-0.3, -0.25) is 4.79 Å². The number of hydrogen-bond acceptors (Lipinski definition) is 2. The van der Waals surface area contributed by atoms with E-state index in [1.165, 1.54) is 7.11 Å². The van der Waals surface area contributed by atoms with Crippen LogP contribution in [-0.4, -0.2) is 23.0 Å². The van der Waals surface area contributed by atoms with Crippen LogP contribution in [-0.2, 0) is 9.53 Å². The summed E-state index contributed by atoms with van der Waals surface area (Å²) in [6.45, 7) is 4.16. The van der Waals surface area contributed by atoms with E-state index in [1.54, 1.807) is 0 Å². The summed E-state index contributed by atoms with van der Waals surface area (Å²) in [6, 6.07) is 8.04. The minimum absolute atomic E-state index is 0.0941. The number of aromatic nitrogens is 2. The summed E-state index contributed by atoms with van der Waals surface area (Å²) in [5, 5.41) is 0. The van der Waals surface area contributed by atoms with Crippen LogP contribution < -0.4 is 0 Å². The van der Waals surface area contributed by atoms with Crippen molar-refractivity contribution in [1.29, 1.82) is 0 Å². The lowest BCUT2D eigenvalue weighted by molar-refractivity contribution is -0.143. The molecule has 2 rings (SSSR count). The Morgan fingerprint density at radius 2 is 1.74 bits per heavy atom. The van der Waals surface area contributed by atoms with E-state index in [9.17, 15) is 4.79 Å². The van der Waals surface area contributed by atoms with E-state index in [2.05, 4.69) is 23.8 Å². The van der Waals surface area contributed by atoms with E-state index >= 15 is 0 Å². The highest BCUT2D eigenvalue weighted by Gasteiger charge is 2.35. The predicted octanol–water partition coefficient (Wildman–Crippen LogP) is 3.06. The van der Waals surface area contributed by atoms with Gasteiger partial charge in [0.2, 0.25) is 0 Å². The lowest BCUT2D eigenvalue weighted by atomic mass is 9.73. The van der Waals surface area contributed by atoms with Gasteiger partial charge in [0.05, 0.1) is 13.5 Å². The molecule has 0 aliphatic carbocycles. The predicted molar refractivity (Wildman–Crippen MR) is 73.8 cm³/mol. The molecule has 4 nitrogen and oxygen atoms in total. The van der Waals surface area contributed by atoms with Gasteiger partial charge in [0.25, 0.3) is 0 Å². The van der Waals surface area contributed by atoms with Crippen LogP contribution in [0.1, 0.15) is 37.6 Å². The summed E-state index contributed by atoms with van der Waals surface area (Å²) in [4.78, 5) is 18.1. The Labute approximate surface area is 113 Å². The zero-order valence-electron chi connectivity index (χ0n) is 11.6. The van der Waals surface area contributed by atoms with Crippen molar-refractivity contribution in [1.82, 2.24) is 9.97 Å². The first-order valence-electron chi connectivity index (χ1n) is 6.38. The van der Waals surface area contributed by atoms with Gasteiger partial charge in [-0.25, -0.2) is 0 Å². The normalized spacial score (nSPS) is 11.8. The van der Waals surface area contributed by atoms with Gasteiger partial charge in [0.1, 0.15) is 0 Å². The van der Waals surface area contributed by atoms with E-state index in [0.717, 1.165) is 11.4 Å². The third-order valence-electron chi connectivity index (χ3n) is 3.48. The van der Waals surface area contributed by atoms with Gasteiger partial charge in [0.15, 0.2) is 0 Å². The van der Waals surface area contributed by atoms with E-state index in [-0.39, 0.29) is 17.3 Å². The van der Waals surface area contributed by atoms with Crippen molar-refractivity contribution in [2.24, 2.45) is 5.41 Å². The van der Waals surface area contributed by atoms with Crippen LogP contribution >= 0.6 is 0 Å². The van der Waals surface area contributed by atoms with Gasteiger partial charge >= 0.3 is 5.97 Å². The summed E-state index contributed by atoms with van der Waals surface area (Å²) in [7, 11) is 1.43. The number of nitrogens with one attached hydrogen (secondary N) is 2. The molecule has 2 heterocycles. The van der Waals surface area contributed by atoms with E-state index in [1.807, 2.05) is 36.7 Å². The zero-order chi connectivity index (χ0) is 13.9. The second-order valence-electron chi connectivity index (χ2n) is 5.43. The van der Waals surface area contributed by atoms with Crippen molar-refractivity contribution in [3.8, 4) is 0 Å². The Hall–Kier alpha value is -1.97. The third kappa shape index (κ3) is 2.89. The molecule has 0 atom stereocenters. The molecule has 0 bridgehead atoms. The standard InChI is InChI=1S/C15H20N2O2/c1-15(2,10-13(18)19-3)14(11-6-4-8-16-11)12-7-5-9-17-12/h4-9,14,16-17H,10H2,1-3H3. The molecule has 0 saturated carbocycles. The first kappa shape index (κ1) is 13.5. The topological polar surface area (TPSA) is 57.9 Å². The Morgan fingerprint density at radius 3 is 2.11 bits per heavy atom. The Morgan fingerprint density at radius 1 is 1.21 bits per heavy atom. The van der Waals surface area contributed by atoms with Gasteiger partial charge in [-0.05, 0) is 29.7 Å². The molecule has 2 aromatic heterocycles. The molecule has 0 aliphatic rings. The van der Waals surface area contributed by atoms with Crippen molar-refractivity contribution in [3.63, 3.8) is 0 Å². The maximum Gasteiger partial charge on any atom is 0.306 e. The molecule has 0 aromatic carbocycles. The highest BCUT2D eigenvalue weighted by Crippen LogP contribution is 2.42. The fraction of sp³-hybridized carbons (Fsp3) is 0.400. The molecule has 2 aromatic rings. The van der Waals surface area contributed by atoms with Crippen molar-refractivity contribution in [2.75, 3.05) is 7.11 Å². The summed E-state index contributed by atoms with van der Waals surface area (Å²) >= 11 is 0. The number of rotatable bonds is 5. The first-order chi connectivity index (χ1) is 9.04. The van der Waals surface area contributed by atoms with Crippen LogP contribution in [0.25, 0.3) is 0 Å². The minimum atomic E-state index is -0.247. The molecular formula is C15H20N2O2. The number of hydrogen-bond donors (Lipinski definition) is 2. The number of carbonyl (C=O) groups is 1. The number of aromatic amines is 2. The zero-order valence-corrected chi connectivity index (χ0v) is 11.6. The third-order valence-corrected chi connectivity index (χ3v) is 3.48. The van der Waals surface area contributed by atoms with Crippen LogP contribution in [0, 0.1) is 5.41 Å². The SMILES string of the molecule is COC(=O)CC(C)(C)C(c1ccc[nH]1)c1ccc[nH]1. The molecule has 0 saturated heterocycles. The quantitative estimate of drug-likeness (QED) is 0.812. The monoisotopic (exact) mass is 260 g/mol. The molecule has 4 heteroatoms. The highest BCUT2D eigenvalue weighted by molar-refractivity contribution is 5.70. The maximum atomic E-state index is 11.6. The number of esters is 1. The summed E-state index contributed by atoms with van der Waals surface area (Å²) < 4.78 is 4.81. The molecule has 0 amide bonds. The summed E-state index contributed by atoms with van der Waals surface area (Å²) in [5.41, 5.74) is 1.94. The highest BCUT2D eigenvalue weighted by atomic mass is 16.5. The molecule has 0 fully saturated rings. The molecule has 102 valence electrons. The van der Waals surface area contributed by atoms with Crippen molar-refractivity contribution in [3.05, 3.63) is 48.0 Å². The van der Waals surface area contributed by atoms with Crippen molar-refractivity contribution >= 4 is 5.97 Å². The van der Waals surface area contributed by atoms with Gasteiger partial charge in [0, 0.05) is 29.7 Å². The van der Waals surface area contributed by atoms with Crippen molar-refractivity contribution in [2.45, 2.75) is 26.2 Å². The lowest BCUT2D eigenvalue weighted by Gasteiger charge is -2.32. The average molecular weight is 260 g/mol. The van der Waals surface area contributed by atoms with Crippen LogP contribution in [0.15, 0.2) is 36.7 Å². The minimum Gasteiger partial charge on any atom is -0.469 e. The van der Waals surface area contributed by atoms with E-state index in [4.69, 9.17) is 4.74 Å². The fourth-order valence-electron chi connectivity index (χ4n) is 2.60. The fourth-order valence-corrected chi connectivity index (χ4v) is 2.60. The van der Waals surface area contributed by atoms with Gasteiger partial charge in [-0.1, -0.05) is 13.8 Å². The average Bonchev–Trinajstić information content (AvgIpc) is 3.01. The van der Waals surface area contributed by atoms with Gasteiger partial charge < -0.3 is 14.7 Å². The van der Waals surface area contributed by atoms with Crippen molar-refractivity contribution < 1.29 is 9.53 Å². The van der Waals surface area contributed by atoms with E-state index in [0.29, 0.717) is 6.42 Å². The van der Waals surface area contributed by atoms with Crippen LogP contribution in [0.3, 0.4) is 0 Å². The number of ether oxygens (including phenoxy) is 1. The maximum absolute atomic E-state index is 11.6. The Kier molecular flexibility index (Phi) is 3.79. The second-order valence-corrected chi connectivity index (χ2v) is 5.43. The van der Waals surface area contributed by atoms with Gasteiger partial charge in [-0.2, -0.15) is 0 Å². The molecule has 0 radical (unpaired) electrons. The number of methoxy groups -OCH3 is 1. The summed E-state index contributed by atoms with van der Waals surface area (Å²) in [6.07, 6.45) is 4.17. The molecule has 0 unspecified atom stereocenters. The number of H-pyrrole nitrogens is 2. The van der Waals surface area contributed by atoms with Gasteiger partial charge in [-0.15, -0.1) is 0 Å². The van der Waals surface area contributed by atoms with E-state index < -0.39 is 0 Å². The largest absolute Gasteiger partial charge is 0.469 e. The Balaban J connectivity index is 2.35. The molecule has 2 N–H and O–H groups in total. The second kappa shape index (κ2) is 5.34. The first-order valence-corrected chi connectivity index (χ1v) is 6.38. The van der Waals surface area contributed by atoms with Crippen LogP contribution in [0.4, 0.5) is 0 Å².